The van der Waals surface area contributed by atoms with Gasteiger partial charge in [0.05, 0.1) is 0 Å². The van der Waals surface area contributed by atoms with Crippen LogP contribution in [0.1, 0.15) is 45.6 Å². The second kappa shape index (κ2) is 5.44. The predicted octanol–water partition coefficient (Wildman–Crippen LogP) is 4.02. The Hall–Kier alpha value is -0.820. The van der Waals surface area contributed by atoms with Crippen molar-refractivity contribution in [3.05, 3.63) is 35.9 Å². The topological polar surface area (TPSA) is 26.0 Å². The molecule has 0 amide bonds. The highest BCUT2D eigenvalue weighted by atomic mass is 14.8. The average molecular weight is 245 g/mol. The average Bonchev–Trinajstić information content (AvgIpc) is 2.28. The van der Waals surface area contributed by atoms with E-state index in [0.29, 0.717) is 11.8 Å². The first-order valence-corrected chi connectivity index (χ1v) is 7.34. The lowest BCUT2D eigenvalue weighted by molar-refractivity contribution is 0.109. The molecule has 18 heavy (non-hydrogen) atoms. The summed E-state index contributed by atoms with van der Waals surface area (Å²) in [6.07, 6.45) is 4.84. The summed E-state index contributed by atoms with van der Waals surface area (Å²) in [5.74, 6) is 2.12. The summed E-state index contributed by atoms with van der Waals surface area (Å²) < 4.78 is 0. The van der Waals surface area contributed by atoms with E-state index in [4.69, 9.17) is 5.73 Å². The molecule has 2 rings (SSSR count). The highest BCUT2D eigenvalue weighted by molar-refractivity contribution is 5.19. The van der Waals surface area contributed by atoms with E-state index >= 15 is 0 Å². The molecule has 1 aliphatic carbocycles. The van der Waals surface area contributed by atoms with Crippen molar-refractivity contribution in [3.8, 4) is 0 Å². The van der Waals surface area contributed by atoms with Crippen molar-refractivity contribution in [2.75, 3.05) is 0 Å². The van der Waals surface area contributed by atoms with Gasteiger partial charge < -0.3 is 5.73 Å². The molecular formula is C17H27N. The molecule has 1 aliphatic rings. The van der Waals surface area contributed by atoms with Crippen molar-refractivity contribution >= 4 is 0 Å². The first kappa shape index (κ1) is 13.6. The van der Waals surface area contributed by atoms with E-state index in [-0.39, 0.29) is 5.54 Å². The highest BCUT2D eigenvalue weighted by Crippen LogP contribution is 2.41. The van der Waals surface area contributed by atoms with Crippen LogP contribution in [0.5, 0.6) is 0 Å². The van der Waals surface area contributed by atoms with Crippen LogP contribution in [0.3, 0.4) is 0 Å². The van der Waals surface area contributed by atoms with Crippen LogP contribution >= 0.6 is 0 Å². The van der Waals surface area contributed by atoms with Crippen molar-refractivity contribution in [2.24, 2.45) is 23.5 Å². The summed E-state index contributed by atoms with van der Waals surface area (Å²) >= 11 is 0. The van der Waals surface area contributed by atoms with Gasteiger partial charge in [0, 0.05) is 5.54 Å². The molecule has 0 saturated heterocycles. The third-order valence-electron chi connectivity index (χ3n) is 4.62. The zero-order valence-corrected chi connectivity index (χ0v) is 12.0. The van der Waals surface area contributed by atoms with Gasteiger partial charge in [-0.25, -0.2) is 0 Å². The molecule has 1 saturated carbocycles. The molecule has 1 nitrogen and oxygen atoms in total. The number of hydrogen-bond acceptors (Lipinski definition) is 1. The van der Waals surface area contributed by atoms with Crippen molar-refractivity contribution in [1.82, 2.24) is 0 Å². The molecule has 1 aromatic carbocycles. The van der Waals surface area contributed by atoms with E-state index in [9.17, 15) is 0 Å². The standard InChI is InChI=1S/C17H27N/c1-13(2)16-10-9-14(3)11-17(16,18)12-15-7-5-4-6-8-15/h4-8,13-14,16H,9-12,18H2,1-3H3. The summed E-state index contributed by atoms with van der Waals surface area (Å²) in [6, 6.07) is 10.7. The number of hydrogen-bond donors (Lipinski definition) is 1. The van der Waals surface area contributed by atoms with Crippen LogP contribution < -0.4 is 5.73 Å². The molecule has 1 fully saturated rings. The molecule has 0 aliphatic heterocycles. The van der Waals surface area contributed by atoms with Gasteiger partial charge in [-0.3, -0.25) is 0 Å². The Balaban J connectivity index is 2.19. The summed E-state index contributed by atoms with van der Waals surface area (Å²) in [5, 5.41) is 0. The lowest BCUT2D eigenvalue weighted by Crippen LogP contribution is -2.54. The molecule has 3 unspecified atom stereocenters. The summed E-state index contributed by atoms with van der Waals surface area (Å²) in [7, 11) is 0. The number of rotatable bonds is 3. The summed E-state index contributed by atoms with van der Waals surface area (Å²) in [5.41, 5.74) is 8.21. The fourth-order valence-corrected chi connectivity index (χ4v) is 3.83. The summed E-state index contributed by atoms with van der Waals surface area (Å²) in [6.45, 7) is 7.00. The summed E-state index contributed by atoms with van der Waals surface area (Å²) in [4.78, 5) is 0. The minimum Gasteiger partial charge on any atom is -0.325 e. The fourth-order valence-electron chi connectivity index (χ4n) is 3.83. The van der Waals surface area contributed by atoms with E-state index < -0.39 is 0 Å². The van der Waals surface area contributed by atoms with E-state index in [1.54, 1.807) is 0 Å². The van der Waals surface area contributed by atoms with Crippen LogP contribution in [0, 0.1) is 17.8 Å². The van der Waals surface area contributed by atoms with Gasteiger partial charge in [0.2, 0.25) is 0 Å². The largest absolute Gasteiger partial charge is 0.325 e. The zero-order chi connectivity index (χ0) is 13.2. The molecule has 0 radical (unpaired) electrons. The minimum atomic E-state index is -0.00676. The van der Waals surface area contributed by atoms with Crippen LogP contribution in [0.25, 0.3) is 0 Å². The molecule has 1 aromatic rings. The molecule has 0 aromatic heterocycles. The minimum absolute atomic E-state index is 0.00676. The second-order valence-electron chi connectivity index (χ2n) is 6.63. The van der Waals surface area contributed by atoms with E-state index in [1.807, 2.05) is 0 Å². The van der Waals surface area contributed by atoms with Gasteiger partial charge in [-0.1, -0.05) is 57.5 Å². The second-order valence-corrected chi connectivity index (χ2v) is 6.63. The van der Waals surface area contributed by atoms with Gasteiger partial charge in [-0.15, -0.1) is 0 Å². The maximum Gasteiger partial charge on any atom is 0.0228 e. The lowest BCUT2D eigenvalue weighted by Gasteiger charge is -2.46. The third kappa shape index (κ3) is 2.95. The van der Waals surface area contributed by atoms with Crippen LogP contribution in [-0.4, -0.2) is 5.54 Å². The molecule has 0 spiro atoms. The van der Waals surface area contributed by atoms with Crippen LogP contribution in [0.15, 0.2) is 30.3 Å². The van der Waals surface area contributed by atoms with E-state index in [0.717, 1.165) is 12.3 Å². The first-order valence-electron chi connectivity index (χ1n) is 7.34. The van der Waals surface area contributed by atoms with Crippen LogP contribution in [0.4, 0.5) is 0 Å². The van der Waals surface area contributed by atoms with Crippen molar-refractivity contribution in [1.29, 1.82) is 0 Å². The highest BCUT2D eigenvalue weighted by Gasteiger charge is 2.40. The zero-order valence-electron chi connectivity index (χ0n) is 12.0. The molecular weight excluding hydrogens is 218 g/mol. The van der Waals surface area contributed by atoms with Crippen molar-refractivity contribution in [3.63, 3.8) is 0 Å². The molecule has 0 bridgehead atoms. The first-order chi connectivity index (χ1) is 8.51. The third-order valence-corrected chi connectivity index (χ3v) is 4.62. The molecule has 1 heteroatoms. The number of benzene rings is 1. The van der Waals surface area contributed by atoms with Gasteiger partial charge in [0.1, 0.15) is 0 Å². The Labute approximate surface area is 112 Å². The Bertz CT molecular complexity index is 370. The van der Waals surface area contributed by atoms with Gasteiger partial charge in [-0.05, 0) is 42.6 Å². The smallest absolute Gasteiger partial charge is 0.0228 e. The van der Waals surface area contributed by atoms with Gasteiger partial charge in [0.15, 0.2) is 0 Å². The maximum atomic E-state index is 6.83. The van der Waals surface area contributed by atoms with Crippen LogP contribution in [-0.2, 0) is 6.42 Å². The monoisotopic (exact) mass is 245 g/mol. The molecule has 2 N–H and O–H groups in total. The Morgan fingerprint density at radius 1 is 1.22 bits per heavy atom. The quantitative estimate of drug-likeness (QED) is 0.855. The molecule has 0 heterocycles. The Kier molecular flexibility index (Phi) is 4.11. The van der Waals surface area contributed by atoms with Gasteiger partial charge >= 0.3 is 0 Å². The van der Waals surface area contributed by atoms with Gasteiger partial charge in [-0.2, -0.15) is 0 Å². The predicted molar refractivity (Wildman–Crippen MR) is 78.4 cm³/mol. The normalized spacial score (nSPS) is 32.7. The van der Waals surface area contributed by atoms with Crippen molar-refractivity contribution in [2.45, 2.75) is 52.0 Å². The SMILES string of the molecule is CC1CCC(C(C)C)C(N)(Cc2ccccc2)C1. The maximum absolute atomic E-state index is 6.83. The Morgan fingerprint density at radius 3 is 2.50 bits per heavy atom. The molecule has 100 valence electrons. The van der Waals surface area contributed by atoms with E-state index in [2.05, 4.69) is 51.1 Å². The fraction of sp³-hybridized carbons (Fsp3) is 0.647. The van der Waals surface area contributed by atoms with Crippen molar-refractivity contribution < 1.29 is 0 Å². The number of nitrogens with two attached hydrogens (primary N) is 1. The molecule has 3 atom stereocenters. The Morgan fingerprint density at radius 2 is 1.89 bits per heavy atom. The lowest BCUT2D eigenvalue weighted by atomic mass is 9.63. The van der Waals surface area contributed by atoms with Gasteiger partial charge in [0.25, 0.3) is 0 Å². The van der Waals surface area contributed by atoms with Crippen LogP contribution in [0.2, 0.25) is 0 Å². The van der Waals surface area contributed by atoms with E-state index in [1.165, 1.54) is 24.8 Å².